The highest BCUT2D eigenvalue weighted by Gasteiger charge is 2.22. The summed E-state index contributed by atoms with van der Waals surface area (Å²) in [4.78, 5) is 7.16. The van der Waals surface area contributed by atoms with Crippen LogP contribution in [0.1, 0.15) is 16.1 Å². The molecule has 3 aromatic rings. The summed E-state index contributed by atoms with van der Waals surface area (Å²) < 4.78 is 0. The largest absolute Gasteiger partial charge is 0.374 e. The van der Waals surface area contributed by atoms with Crippen LogP contribution in [-0.4, -0.2) is 34.1 Å². The van der Waals surface area contributed by atoms with Gasteiger partial charge in [0.15, 0.2) is 0 Å². The number of rotatable bonds is 8. The number of hydrogen-bond acceptors (Lipinski definition) is 8. The number of nitrogens with two attached hydrogens (primary N) is 1. The molecular weight excluding hydrogens is 460 g/mol. The summed E-state index contributed by atoms with van der Waals surface area (Å²) in [6.45, 7) is 1.63. The van der Waals surface area contributed by atoms with Crippen molar-refractivity contribution in [1.29, 1.82) is 0 Å². The van der Waals surface area contributed by atoms with Crippen molar-refractivity contribution in [2.24, 2.45) is 4.99 Å². The predicted octanol–water partition coefficient (Wildman–Crippen LogP) is 4.90. The Hall–Kier alpha value is -3.20. The Labute approximate surface area is 208 Å². The lowest BCUT2D eigenvalue weighted by Gasteiger charge is -2.30. The van der Waals surface area contributed by atoms with Gasteiger partial charge in [0, 0.05) is 37.0 Å². The molecule has 0 amide bonds. The molecule has 3 N–H and O–H groups in total. The number of allylic oxidation sites excluding steroid dienone is 3. The minimum atomic E-state index is 0.165. The fourth-order valence-electron chi connectivity index (χ4n) is 3.91. The topological polar surface area (TPSA) is 79.4 Å². The van der Waals surface area contributed by atoms with Gasteiger partial charge in [0.25, 0.3) is 0 Å². The van der Waals surface area contributed by atoms with E-state index in [0.29, 0.717) is 5.13 Å². The van der Waals surface area contributed by atoms with Crippen molar-refractivity contribution in [3.63, 3.8) is 0 Å². The summed E-state index contributed by atoms with van der Waals surface area (Å²) in [5, 5.41) is 13.1. The normalized spacial score (nSPS) is 17.1. The van der Waals surface area contributed by atoms with Gasteiger partial charge in [0.05, 0.1) is 11.4 Å². The van der Waals surface area contributed by atoms with Gasteiger partial charge in [-0.1, -0.05) is 59.9 Å². The summed E-state index contributed by atoms with van der Waals surface area (Å²) in [5.41, 5.74) is 12.5. The summed E-state index contributed by atoms with van der Waals surface area (Å²) >= 11 is 3.19. The van der Waals surface area contributed by atoms with Crippen LogP contribution in [0.5, 0.6) is 0 Å². The van der Waals surface area contributed by atoms with E-state index in [4.69, 9.17) is 10.7 Å². The summed E-state index contributed by atoms with van der Waals surface area (Å²) in [7, 11) is 0. The van der Waals surface area contributed by atoms with E-state index in [0.717, 1.165) is 52.8 Å². The number of fused-ring (bicyclic) bond motifs is 1. The lowest BCUT2D eigenvalue weighted by atomic mass is 9.98. The highest BCUT2D eigenvalue weighted by atomic mass is 32.2. The van der Waals surface area contributed by atoms with Crippen molar-refractivity contribution >= 4 is 45.3 Å². The molecule has 34 heavy (non-hydrogen) atoms. The lowest BCUT2D eigenvalue weighted by molar-refractivity contribution is 0.682. The Morgan fingerprint density at radius 3 is 2.65 bits per heavy atom. The maximum absolute atomic E-state index is 5.65. The molecular formula is C26H26N6S2. The second kappa shape index (κ2) is 10.4. The van der Waals surface area contributed by atoms with Crippen molar-refractivity contribution in [1.82, 2.24) is 15.5 Å². The zero-order chi connectivity index (χ0) is 23.3. The molecule has 2 aliphatic rings. The Morgan fingerprint density at radius 2 is 1.91 bits per heavy atom. The monoisotopic (exact) mass is 486 g/mol. The molecule has 172 valence electrons. The second-order valence-electron chi connectivity index (χ2n) is 7.98. The van der Waals surface area contributed by atoms with E-state index >= 15 is 0 Å². The van der Waals surface area contributed by atoms with Crippen LogP contribution in [0.3, 0.4) is 0 Å². The van der Waals surface area contributed by atoms with E-state index < -0.39 is 0 Å². The van der Waals surface area contributed by atoms with Crippen molar-refractivity contribution < 1.29 is 0 Å². The molecule has 0 aliphatic carbocycles. The van der Waals surface area contributed by atoms with Gasteiger partial charge in [-0.15, -0.1) is 22.0 Å². The minimum Gasteiger partial charge on any atom is -0.374 e. The van der Waals surface area contributed by atoms with E-state index in [1.165, 1.54) is 16.9 Å². The number of aromatic nitrogens is 2. The first kappa shape index (κ1) is 22.6. The van der Waals surface area contributed by atoms with Crippen LogP contribution in [0.4, 0.5) is 10.8 Å². The zero-order valence-corrected chi connectivity index (χ0v) is 20.5. The standard InChI is InChI=1S/C26H26N6S2/c1-33-24-12-11-20-17-32(21-5-3-2-4-6-21)23(15-22(20)29-24)19-9-7-18(8-10-19)16-28-14-13-25-30-31-26(27)34-25/h2-12,15,17,24,28H,13-14,16H2,1H3,(H2,27,31). The molecule has 0 saturated carbocycles. The van der Waals surface area contributed by atoms with Crippen molar-refractivity contribution in [3.05, 3.63) is 101 Å². The molecule has 2 aromatic carbocycles. The number of aliphatic imine (C=N–C) groups is 1. The Kier molecular flexibility index (Phi) is 6.89. The molecule has 0 spiro atoms. The number of nitrogens with one attached hydrogen (secondary N) is 1. The van der Waals surface area contributed by atoms with Gasteiger partial charge in [-0.25, -0.2) is 0 Å². The molecule has 0 radical (unpaired) electrons. The number of nitrogens with zero attached hydrogens (tertiary/aromatic N) is 4. The minimum absolute atomic E-state index is 0.165. The van der Waals surface area contributed by atoms with E-state index in [2.05, 4.69) is 99.6 Å². The summed E-state index contributed by atoms with van der Waals surface area (Å²) in [6.07, 6.45) is 11.6. The van der Waals surface area contributed by atoms with Crippen LogP contribution in [0.2, 0.25) is 0 Å². The van der Waals surface area contributed by atoms with Gasteiger partial charge in [-0.05, 0) is 41.7 Å². The maximum atomic E-state index is 5.65. The summed E-state index contributed by atoms with van der Waals surface area (Å²) in [6, 6.07) is 19.2. The third-order valence-corrected chi connectivity index (χ3v) is 7.21. The van der Waals surface area contributed by atoms with Crippen LogP contribution in [0.25, 0.3) is 5.70 Å². The maximum Gasteiger partial charge on any atom is 0.203 e. The van der Waals surface area contributed by atoms with E-state index in [1.807, 2.05) is 6.07 Å². The molecule has 0 bridgehead atoms. The molecule has 1 atom stereocenters. The number of thioether (sulfide) groups is 1. The molecule has 6 nitrogen and oxygen atoms in total. The van der Waals surface area contributed by atoms with E-state index in [-0.39, 0.29) is 5.37 Å². The lowest BCUT2D eigenvalue weighted by Crippen LogP contribution is -2.24. The quantitative estimate of drug-likeness (QED) is 0.441. The second-order valence-corrected chi connectivity index (χ2v) is 10.0. The first-order valence-electron chi connectivity index (χ1n) is 11.1. The highest BCUT2D eigenvalue weighted by molar-refractivity contribution is 7.99. The molecule has 1 unspecified atom stereocenters. The van der Waals surface area contributed by atoms with Gasteiger partial charge in [0.1, 0.15) is 10.4 Å². The van der Waals surface area contributed by atoms with Gasteiger partial charge < -0.3 is 16.0 Å². The third kappa shape index (κ3) is 5.14. The number of para-hydroxylation sites is 1. The average molecular weight is 487 g/mol. The van der Waals surface area contributed by atoms with Crippen molar-refractivity contribution in [2.45, 2.75) is 18.3 Å². The van der Waals surface area contributed by atoms with Gasteiger partial charge in [-0.2, -0.15) is 0 Å². The molecule has 2 aliphatic heterocycles. The first-order chi connectivity index (χ1) is 16.7. The number of benzene rings is 2. The summed E-state index contributed by atoms with van der Waals surface area (Å²) in [5.74, 6) is 0. The van der Waals surface area contributed by atoms with Crippen LogP contribution in [-0.2, 0) is 13.0 Å². The van der Waals surface area contributed by atoms with Crippen LogP contribution < -0.4 is 16.0 Å². The predicted molar refractivity (Wildman–Crippen MR) is 145 cm³/mol. The van der Waals surface area contributed by atoms with Crippen LogP contribution in [0, 0.1) is 0 Å². The molecule has 1 aromatic heterocycles. The van der Waals surface area contributed by atoms with E-state index in [9.17, 15) is 0 Å². The SMILES string of the molecule is CSC1C=CC2=CN(c3ccccc3)C(c3ccc(CNCCc4nnc(N)s4)cc3)=CC2=N1. The number of hydrogen-bond donors (Lipinski definition) is 2. The Bertz CT molecular complexity index is 1260. The number of anilines is 2. The van der Waals surface area contributed by atoms with Gasteiger partial charge in [0.2, 0.25) is 5.13 Å². The molecule has 5 rings (SSSR count). The van der Waals surface area contributed by atoms with Crippen molar-refractivity contribution in [3.8, 4) is 0 Å². The molecule has 3 heterocycles. The fourth-order valence-corrected chi connectivity index (χ4v) is 4.97. The van der Waals surface area contributed by atoms with Crippen molar-refractivity contribution in [2.75, 3.05) is 23.4 Å². The molecule has 0 saturated heterocycles. The van der Waals surface area contributed by atoms with Gasteiger partial charge >= 0.3 is 0 Å². The molecule has 8 heteroatoms. The Morgan fingerprint density at radius 1 is 1.09 bits per heavy atom. The fraction of sp³-hybridized carbons (Fsp3) is 0.192. The first-order valence-corrected chi connectivity index (χ1v) is 13.2. The van der Waals surface area contributed by atoms with Crippen LogP contribution in [0.15, 0.2) is 89.6 Å². The zero-order valence-electron chi connectivity index (χ0n) is 18.9. The van der Waals surface area contributed by atoms with Crippen LogP contribution >= 0.6 is 23.1 Å². The third-order valence-electron chi connectivity index (χ3n) is 5.66. The van der Waals surface area contributed by atoms with Gasteiger partial charge in [-0.3, -0.25) is 4.99 Å². The Balaban J connectivity index is 1.33. The van der Waals surface area contributed by atoms with E-state index in [1.54, 1.807) is 11.8 Å². The number of dihydropyridines is 1. The average Bonchev–Trinajstić information content (AvgIpc) is 3.31. The molecule has 0 fully saturated rings. The highest BCUT2D eigenvalue weighted by Crippen LogP contribution is 2.33. The number of nitrogen functional groups attached to an aromatic ring is 1. The smallest absolute Gasteiger partial charge is 0.203 e.